The fourth-order valence-corrected chi connectivity index (χ4v) is 1.31. The zero-order valence-corrected chi connectivity index (χ0v) is 8.94. The van der Waals surface area contributed by atoms with E-state index in [1.165, 1.54) is 21.6 Å². The van der Waals surface area contributed by atoms with Crippen molar-refractivity contribution in [2.75, 3.05) is 0 Å². The molecular weight excluding hydrogens is 226 g/mol. The molecule has 0 aliphatic rings. The third kappa shape index (κ3) is 2.36. The van der Waals surface area contributed by atoms with Crippen LogP contribution in [0.3, 0.4) is 0 Å². The van der Waals surface area contributed by atoms with Crippen LogP contribution in [0.5, 0.6) is 0 Å². The summed E-state index contributed by atoms with van der Waals surface area (Å²) in [7, 11) is 1.62. The van der Waals surface area contributed by atoms with Crippen LogP contribution in [0.1, 0.15) is 16.2 Å². The lowest BCUT2D eigenvalue weighted by atomic mass is 10.3. The summed E-state index contributed by atoms with van der Waals surface area (Å²) in [6, 6.07) is 2.40. The quantitative estimate of drug-likeness (QED) is 0.740. The number of tetrazole rings is 1. The number of carbonyl (C=O) groups is 1. The highest BCUT2D eigenvalue weighted by Gasteiger charge is 2.07. The van der Waals surface area contributed by atoms with Crippen molar-refractivity contribution in [1.29, 1.82) is 0 Å². The van der Waals surface area contributed by atoms with Gasteiger partial charge in [-0.2, -0.15) is 4.80 Å². The van der Waals surface area contributed by atoms with E-state index >= 15 is 0 Å². The maximum absolute atomic E-state index is 11.6. The molecule has 0 fully saturated rings. The molecule has 0 aliphatic carbocycles. The van der Waals surface area contributed by atoms with Crippen molar-refractivity contribution < 1.29 is 9.90 Å². The second kappa shape index (κ2) is 4.16. The van der Waals surface area contributed by atoms with Gasteiger partial charge in [0.15, 0.2) is 5.82 Å². The maximum Gasteiger partial charge on any atom is 0.335 e. The van der Waals surface area contributed by atoms with Crippen LogP contribution in [-0.4, -0.2) is 35.9 Å². The number of aromatic nitrogens is 5. The van der Waals surface area contributed by atoms with E-state index in [1.807, 2.05) is 0 Å². The summed E-state index contributed by atoms with van der Waals surface area (Å²) in [5, 5.41) is 20.0. The largest absolute Gasteiger partial charge is 0.478 e. The molecule has 0 aliphatic heterocycles. The van der Waals surface area contributed by atoms with Gasteiger partial charge in [0.1, 0.15) is 0 Å². The van der Waals surface area contributed by atoms with E-state index in [-0.39, 0.29) is 12.1 Å². The Morgan fingerprint density at radius 1 is 1.53 bits per heavy atom. The van der Waals surface area contributed by atoms with Crippen LogP contribution >= 0.6 is 0 Å². The van der Waals surface area contributed by atoms with Crippen molar-refractivity contribution in [3.8, 4) is 0 Å². The third-order valence-corrected chi connectivity index (χ3v) is 2.10. The molecule has 0 saturated carbocycles. The number of hydrogen-bond acceptors (Lipinski definition) is 5. The Labute approximate surface area is 95.1 Å². The Bertz CT molecular complexity index is 615. The number of nitrogens with zero attached hydrogens (tertiary/aromatic N) is 5. The molecule has 8 heteroatoms. The highest BCUT2D eigenvalue weighted by molar-refractivity contribution is 5.87. The Balaban J connectivity index is 2.28. The van der Waals surface area contributed by atoms with Gasteiger partial charge in [-0.1, -0.05) is 0 Å². The van der Waals surface area contributed by atoms with Crippen molar-refractivity contribution in [2.24, 2.45) is 7.05 Å². The van der Waals surface area contributed by atoms with Gasteiger partial charge in [-0.3, -0.25) is 4.79 Å². The molecule has 2 aromatic rings. The number of rotatable bonds is 3. The van der Waals surface area contributed by atoms with E-state index in [9.17, 15) is 9.59 Å². The number of pyridine rings is 1. The Morgan fingerprint density at radius 3 is 2.82 bits per heavy atom. The average molecular weight is 235 g/mol. The second-order valence-corrected chi connectivity index (χ2v) is 3.38. The third-order valence-electron chi connectivity index (χ3n) is 2.10. The summed E-state index contributed by atoms with van der Waals surface area (Å²) < 4.78 is 1.31. The second-order valence-electron chi connectivity index (χ2n) is 3.38. The molecule has 2 heterocycles. The fraction of sp³-hybridized carbons (Fsp3) is 0.222. The lowest BCUT2D eigenvalue weighted by molar-refractivity contribution is 0.0696. The zero-order chi connectivity index (χ0) is 12.4. The smallest absolute Gasteiger partial charge is 0.335 e. The van der Waals surface area contributed by atoms with Crippen LogP contribution in [0, 0.1) is 0 Å². The molecule has 0 saturated heterocycles. The molecule has 0 atom stereocenters. The highest BCUT2D eigenvalue weighted by Crippen LogP contribution is 1.96. The molecule has 1 N–H and O–H groups in total. The first-order valence-electron chi connectivity index (χ1n) is 4.73. The van der Waals surface area contributed by atoms with Gasteiger partial charge in [0.05, 0.1) is 19.2 Å². The molecule has 0 spiro atoms. The molecule has 0 radical (unpaired) electrons. The monoisotopic (exact) mass is 235 g/mol. The summed E-state index contributed by atoms with van der Waals surface area (Å²) in [6.07, 6.45) is 1.39. The van der Waals surface area contributed by atoms with Crippen LogP contribution in [0.25, 0.3) is 0 Å². The molecule has 88 valence electrons. The van der Waals surface area contributed by atoms with Crippen LogP contribution in [0.15, 0.2) is 23.1 Å². The summed E-state index contributed by atoms with van der Waals surface area (Å²) in [5.74, 6) is -0.746. The lowest BCUT2D eigenvalue weighted by Crippen LogP contribution is -2.21. The Kier molecular flexibility index (Phi) is 2.69. The molecule has 0 aromatic carbocycles. The summed E-state index contributed by atoms with van der Waals surface area (Å²) in [5.41, 5.74) is -0.462. The summed E-state index contributed by atoms with van der Waals surface area (Å²) in [6.45, 7) is 0.159. The van der Waals surface area contributed by atoms with Gasteiger partial charge in [-0.15, -0.1) is 10.2 Å². The standard InChI is InChI=1S/C9H9N5O3/c1-13-11-7(10-12-13)5-14-3-2-6(9(16)17)4-8(14)15/h2-4H,5H2,1H3,(H,16,17). The van der Waals surface area contributed by atoms with Crippen LogP contribution in [0.4, 0.5) is 0 Å². The van der Waals surface area contributed by atoms with Crippen molar-refractivity contribution in [2.45, 2.75) is 6.54 Å². The number of aromatic carboxylic acids is 1. The van der Waals surface area contributed by atoms with E-state index in [0.29, 0.717) is 5.82 Å². The van der Waals surface area contributed by atoms with E-state index in [4.69, 9.17) is 5.11 Å². The molecule has 17 heavy (non-hydrogen) atoms. The highest BCUT2D eigenvalue weighted by atomic mass is 16.4. The average Bonchev–Trinajstić information content (AvgIpc) is 2.67. The number of carboxylic acid groups (broad SMARTS) is 1. The minimum absolute atomic E-state index is 0.0432. The van der Waals surface area contributed by atoms with E-state index in [1.54, 1.807) is 7.05 Å². The minimum atomic E-state index is -1.13. The normalized spacial score (nSPS) is 10.4. The predicted molar refractivity (Wildman–Crippen MR) is 55.6 cm³/mol. The Hall–Kier alpha value is -2.51. The summed E-state index contributed by atoms with van der Waals surface area (Å²) in [4.78, 5) is 23.5. The van der Waals surface area contributed by atoms with Crippen LogP contribution < -0.4 is 5.56 Å². The van der Waals surface area contributed by atoms with Gasteiger partial charge in [-0.25, -0.2) is 4.79 Å². The number of aryl methyl sites for hydroxylation is 1. The first-order chi connectivity index (χ1) is 8.06. The first kappa shape index (κ1) is 11.0. The van der Waals surface area contributed by atoms with Gasteiger partial charge in [0, 0.05) is 12.3 Å². The van der Waals surface area contributed by atoms with Gasteiger partial charge < -0.3 is 9.67 Å². The minimum Gasteiger partial charge on any atom is -0.478 e. The zero-order valence-electron chi connectivity index (χ0n) is 8.94. The SMILES string of the molecule is Cn1nnc(Cn2ccc(C(=O)O)cc2=O)n1. The van der Waals surface area contributed by atoms with Crippen LogP contribution in [-0.2, 0) is 13.6 Å². The molecule has 0 amide bonds. The summed E-state index contributed by atoms with van der Waals surface area (Å²) >= 11 is 0. The van der Waals surface area contributed by atoms with Crippen molar-refractivity contribution >= 4 is 5.97 Å². The predicted octanol–water partition coefficient (Wildman–Crippen LogP) is -0.882. The van der Waals surface area contributed by atoms with Gasteiger partial charge in [0.2, 0.25) is 0 Å². The maximum atomic E-state index is 11.6. The number of hydrogen-bond donors (Lipinski definition) is 1. The molecule has 0 unspecified atom stereocenters. The molecule has 2 rings (SSSR count). The van der Waals surface area contributed by atoms with Gasteiger partial charge >= 0.3 is 5.97 Å². The first-order valence-corrected chi connectivity index (χ1v) is 4.73. The molecular formula is C9H9N5O3. The molecule has 8 nitrogen and oxygen atoms in total. The molecule has 0 bridgehead atoms. The van der Waals surface area contributed by atoms with E-state index in [0.717, 1.165) is 6.07 Å². The van der Waals surface area contributed by atoms with Crippen LogP contribution in [0.2, 0.25) is 0 Å². The van der Waals surface area contributed by atoms with Crippen molar-refractivity contribution in [3.05, 3.63) is 40.1 Å². The lowest BCUT2D eigenvalue weighted by Gasteiger charge is -2.01. The van der Waals surface area contributed by atoms with Gasteiger partial charge in [0.25, 0.3) is 5.56 Å². The Morgan fingerprint density at radius 2 is 2.29 bits per heavy atom. The number of carboxylic acids is 1. The van der Waals surface area contributed by atoms with Gasteiger partial charge in [-0.05, 0) is 11.3 Å². The van der Waals surface area contributed by atoms with Crippen molar-refractivity contribution in [1.82, 2.24) is 24.8 Å². The fourth-order valence-electron chi connectivity index (χ4n) is 1.31. The topological polar surface area (TPSA) is 103 Å². The van der Waals surface area contributed by atoms with E-state index in [2.05, 4.69) is 15.4 Å². The molecule has 2 aromatic heterocycles. The van der Waals surface area contributed by atoms with Crippen molar-refractivity contribution in [3.63, 3.8) is 0 Å². The van der Waals surface area contributed by atoms with E-state index < -0.39 is 11.5 Å².